The van der Waals surface area contributed by atoms with E-state index in [9.17, 15) is 8.78 Å². The number of rotatable bonds is 4. The smallest absolute Gasteiger partial charge is 0.149 e. The lowest BCUT2D eigenvalue weighted by molar-refractivity contribution is 0.586. The lowest BCUT2D eigenvalue weighted by Crippen LogP contribution is -2.00. The van der Waals surface area contributed by atoms with Gasteiger partial charge in [0.15, 0.2) is 0 Å². The number of halogens is 2. The molecule has 2 aromatic carbocycles. The van der Waals surface area contributed by atoms with Crippen molar-refractivity contribution in [1.82, 2.24) is 9.97 Å². The average molecular weight is 312 g/mol. The normalized spacial score (nSPS) is 10.4. The van der Waals surface area contributed by atoms with Crippen LogP contribution in [-0.4, -0.2) is 9.97 Å². The number of aromatic nitrogens is 2. The van der Waals surface area contributed by atoms with Gasteiger partial charge >= 0.3 is 0 Å². The number of hydrogen-bond acceptors (Lipinski definition) is 4. The molecule has 0 unspecified atom stereocenters. The number of para-hydroxylation sites is 1. The minimum atomic E-state index is -0.683. The molecule has 0 radical (unpaired) electrons. The van der Waals surface area contributed by atoms with Crippen LogP contribution in [0.3, 0.4) is 0 Å². The van der Waals surface area contributed by atoms with Gasteiger partial charge in [0.25, 0.3) is 0 Å². The molecule has 0 spiro atoms. The number of nitrogens with zero attached hydrogens (tertiary/aromatic N) is 2. The summed E-state index contributed by atoms with van der Waals surface area (Å²) in [5, 5.41) is 5.98. The van der Waals surface area contributed by atoms with Crippen LogP contribution in [0.25, 0.3) is 0 Å². The van der Waals surface area contributed by atoms with Gasteiger partial charge in [-0.1, -0.05) is 18.2 Å². The van der Waals surface area contributed by atoms with Gasteiger partial charge in [-0.25, -0.2) is 18.7 Å². The Morgan fingerprint density at radius 1 is 0.826 bits per heavy atom. The zero-order chi connectivity index (χ0) is 16.2. The Hall–Kier alpha value is -3.02. The zero-order valence-electron chi connectivity index (χ0n) is 12.3. The first-order valence-electron chi connectivity index (χ1n) is 6.98. The maximum Gasteiger partial charge on any atom is 0.149 e. The van der Waals surface area contributed by atoms with Crippen LogP contribution in [0.2, 0.25) is 0 Å². The number of aryl methyl sites for hydroxylation is 1. The van der Waals surface area contributed by atoms with Crippen LogP contribution in [0.15, 0.2) is 54.9 Å². The van der Waals surface area contributed by atoms with Crippen LogP contribution < -0.4 is 10.6 Å². The molecule has 3 aromatic rings. The molecule has 1 heterocycles. The van der Waals surface area contributed by atoms with Crippen molar-refractivity contribution < 1.29 is 8.78 Å². The van der Waals surface area contributed by atoms with E-state index in [-0.39, 0.29) is 5.69 Å². The largest absolute Gasteiger partial charge is 0.340 e. The molecule has 6 heteroatoms. The van der Waals surface area contributed by atoms with Crippen molar-refractivity contribution >= 4 is 23.0 Å². The van der Waals surface area contributed by atoms with Gasteiger partial charge in [0.05, 0.1) is 5.69 Å². The predicted molar refractivity (Wildman–Crippen MR) is 86.1 cm³/mol. The minimum Gasteiger partial charge on any atom is -0.340 e. The zero-order valence-corrected chi connectivity index (χ0v) is 12.3. The predicted octanol–water partition coefficient (Wildman–Crippen LogP) is 4.55. The second kappa shape index (κ2) is 6.39. The molecule has 23 heavy (non-hydrogen) atoms. The highest BCUT2D eigenvalue weighted by molar-refractivity contribution is 5.64. The first-order valence-corrected chi connectivity index (χ1v) is 6.98. The summed E-state index contributed by atoms with van der Waals surface area (Å²) in [5.74, 6) is -0.337. The molecule has 0 amide bonds. The Labute approximate surface area is 132 Å². The first kappa shape index (κ1) is 14.9. The third-order valence-corrected chi connectivity index (χ3v) is 3.27. The molecule has 1 aromatic heterocycles. The molecule has 0 saturated heterocycles. The maximum absolute atomic E-state index is 13.7. The van der Waals surface area contributed by atoms with Gasteiger partial charge in [0.1, 0.15) is 29.6 Å². The number of nitrogens with one attached hydrogen (secondary N) is 2. The Balaban J connectivity index is 1.81. The Bertz CT molecular complexity index is 836. The second-order valence-corrected chi connectivity index (χ2v) is 4.98. The van der Waals surface area contributed by atoms with Crippen LogP contribution in [0.4, 0.5) is 31.8 Å². The van der Waals surface area contributed by atoms with Gasteiger partial charge in [-0.2, -0.15) is 0 Å². The molecule has 3 rings (SSSR count). The van der Waals surface area contributed by atoms with E-state index < -0.39 is 11.6 Å². The summed E-state index contributed by atoms with van der Waals surface area (Å²) in [7, 11) is 0. The summed E-state index contributed by atoms with van der Waals surface area (Å²) >= 11 is 0. The number of hydrogen-bond donors (Lipinski definition) is 2. The highest BCUT2D eigenvalue weighted by atomic mass is 19.1. The van der Waals surface area contributed by atoms with Crippen molar-refractivity contribution in [2.75, 3.05) is 10.6 Å². The van der Waals surface area contributed by atoms with Gasteiger partial charge in [0, 0.05) is 17.8 Å². The molecule has 0 aliphatic carbocycles. The van der Waals surface area contributed by atoms with Gasteiger partial charge in [0.2, 0.25) is 0 Å². The average Bonchev–Trinajstić information content (AvgIpc) is 2.53. The lowest BCUT2D eigenvalue weighted by Gasteiger charge is -2.10. The summed E-state index contributed by atoms with van der Waals surface area (Å²) in [6, 6.07) is 12.8. The quantitative estimate of drug-likeness (QED) is 0.742. The van der Waals surface area contributed by atoms with E-state index in [2.05, 4.69) is 20.6 Å². The van der Waals surface area contributed by atoms with E-state index in [0.29, 0.717) is 11.6 Å². The van der Waals surface area contributed by atoms with Crippen LogP contribution in [0, 0.1) is 18.6 Å². The van der Waals surface area contributed by atoms with Crippen molar-refractivity contribution in [3.63, 3.8) is 0 Å². The van der Waals surface area contributed by atoms with E-state index in [0.717, 1.165) is 17.3 Å². The van der Waals surface area contributed by atoms with Crippen molar-refractivity contribution in [2.24, 2.45) is 0 Å². The fraction of sp³-hybridized carbons (Fsp3) is 0.0588. The van der Waals surface area contributed by atoms with Crippen molar-refractivity contribution in [1.29, 1.82) is 0 Å². The lowest BCUT2D eigenvalue weighted by atomic mass is 10.2. The fourth-order valence-electron chi connectivity index (χ4n) is 2.07. The van der Waals surface area contributed by atoms with Crippen molar-refractivity contribution in [3.8, 4) is 0 Å². The summed E-state index contributed by atoms with van der Waals surface area (Å²) < 4.78 is 26.6. The third-order valence-electron chi connectivity index (χ3n) is 3.27. The van der Waals surface area contributed by atoms with E-state index in [1.807, 2.05) is 31.2 Å². The molecule has 0 atom stereocenters. The van der Waals surface area contributed by atoms with Crippen molar-refractivity contribution in [3.05, 3.63) is 72.1 Å². The first-order chi connectivity index (χ1) is 11.1. The standard InChI is InChI=1S/C17H14F2N4/c1-11-4-2-3-5-14(11)22-16-9-17(21-10-20-16)23-15-7-6-12(18)8-13(15)19/h2-10H,1H3,(H2,20,21,22,23). The molecule has 0 fully saturated rings. The number of benzene rings is 2. The third kappa shape index (κ3) is 3.60. The molecular weight excluding hydrogens is 298 g/mol. The van der Waals surface area contributed by atoms with Gasteiger partial charge in [-0.3, -0.25) is 0 Å². The minimum absolute atomic E-state index is 0.145. The van der Waals surface area contributed by atoms with Crippen molar-refractivity contribution in [2.45, 2.75) is 6.92 Å². The summed E-state index contributed by atoms with van der Waals surface area (Å²) in [6.45, 7) is 1.98. The van der Waals surface area contributed by atoms with Gasteiger partial charge in [-0.15, -0.1) is 0 Å². The fourth-order valence-corrected chi connectivity index (χ4v) is 2.07. The second-order valence-electron chi connectivity index (χ2n) is 4.98. The highest BCUT2D eigenvalue weighted by Gasteiger charge is 2.06. The monoisotopic (exact) mass is 312 g/mol. The molecule has 116 valence electrons. The van der Waals surface area contributed by atoms with Gasteiger partial charge in [-0.05, 0) is 30.7 Å². The number of anilines is 4. The van der Waals surface area contributed by atoms with E-state index in [4.69, 9.17) is 0 Å². The van der Waals surface area contributed by atoms with E-state index in [1.165, 1.54) is 18.5 Å². The SMILES string of the molecule is Cc1ccccc1Nc1cc(Nc2ccc(F)cc2F)ncn1. The molecule has 4 nitrogen and oxygen atoms in total. The summed E-state index contributed by atoms with van der Waals surface area (Å²) in [6.07, 6.45) is 1.37. The van der Waals surface area contributed by atoms with Crippen LogP contribution in [0.1, 0.15) is 5.56 Å². The molecule has 0 aliphatic heterocycles. The summed E-state index contributed by atoms with van der Waals surface area (Å²) in [5.41, 5.74) is 2.14. The van der Waals surface area contributed by atoms with Crippen LogP contribution >= 0.6 is 0 Å². The Morgan fingerprint density at radius 2 is 1.52 bits per heavy atom. The molecule has 2 N–H and O–H groups in total. The van der Waals surface area contributed by atoms with Crippen LogP contribution in [-0.2, 0) is 0 Å². The van der Waals surface area contributed by atoms with E-state index in [1.54, 1.807) is 6.07 Å². The Morgan fingerprint density at radius 3 is 2.22 bits per heavy atom. The van der Waals surface area contributed by atoms with Gasteiger partial charge < -0.3 is 10.6 Å². The maximum atomic E-state index is 13.7. The van der Waals surface area contributed by atoms with Crippen LogP contribution in [0.5, 0.6) is 0 Å². The molecule has 0 bridgehead atoms. The molecule has 0 saturated carbocycles. The van der Waals surface area contributed by atoms with E-state index >= 15 is 0 Å². The molecular formula is C17H14F2N4. The summed E-state index contributed by atoms with van der Waals surface area (Å²) in [4.78, 5) is 8.18. The highest BCUT2D eigenvalue weighted by Crippen LogP contribution is 2.23. The topological polar surface area (TPSA) is 49.8 Å². The molecule has 0 aliphatic rings. The Kier molecular flexibility index (Phi) is 4.14.